The Hall–Kier alpha value is -2.31. The van der Waals surface area contributed by atoms with Crippen LogP contribution in [0.3, 0.4) is 0 Å². The average molecular weight is 694 g/mol. The number of halogens is 4. The van der Waals surface area contributed by atoms with Crippen LogP contribution in [0.25, 0.3) is 0 Å². The second-order valence-electron chi connectivity index (χ2n) is 7.61. The smallest absolute Gasteiger partial charge is 0.260 e. The molecule has 0 radical (unpaired) electrons. The maximum atomic E-state index is 12.4. The number of methoxy groups -OCH3 is 1. The molecule has 37 heavy (non-hydrogen) atoms. The van der Waals surface area contributed by atoms with Crippen molar-refractivity contribution < 1.29 is 22.7 Å². The van der Waals surface area contributed by atoms with Gasteiger partial charge in [-0.25, -0.2) is 13.8 Å². The SMILES string of the molecule is COc1cc(/C=N\NC(=O)CN(c2ccc(Br)cc2)S(C)(=O)=O)cc(Br)c1OCc1ccc(Cl)c(Cl)c1. The van der Waals surface area contributed by atoms with Crippen LogP contribution in [-0.2, 0) is 21.4 Å². The fourth-order valence-electron chi connectivity index (χ4n) is 3.09. The molecule has 196 valence electrons. The molecule has 1 amide bonds. The molecular formula is C24H21Br2Cl2N3O5S. The number of hydrogen-bond donors (Lipinski definition) is 1. The number of nitrogens with one attached hydrogen (secondary N) is 1. The van der Waals surface area contributed by atoms with Crippen LogP contribution in [0.2, 0.25) is 10.0 Å². The highest BCUT2D eigenvalue weighted by Gasteiger charge is 2.20. The minimum atomic E-state index is -3.70. The molecule has 0 aliphatic rings. The summed E-state index contributed by atoms with van der Waals surface area (Å²) in [5, 5.41) is 4.83. The zero-order valence-electron chi connectivity index (χ0n) is 19.5. The van der Waals surface area contributed by atoms with E-state index in [1.807, 2.05) is 0 Å². The largest absolute Gasteiger partial charge is 0.493 e. The van der Waals surface area contributed by atoms with E-state index in [0.717, 1.165) is 20.6 Å². The van der Waals surface area contributed by atoms with Crippen LogP contribution in [0.15, 0.2) is 68.6 Å². The highest BCUT2D eigenvalue weighted by Crippen LogP contribution is 2.37. The molecule has 0 aliphatic heterocycles. The van der Waals surface area contributed by atoms with Crippen LogP contribution >= 0.6 is 55.1 Å². The first kappa shape index (κ1) is 29.2. The quantitative estimate of drug-likeness (QED) is 0.207. The summed E-state index contributed by atoms with van der Waals surface area (Å²) in [6.45, 7) is -0.211. The van der Waals surface area contributed by atoms with Crippen molar-refractivity contribution in [3.05, 3.63) is 84.7 Å². The van der Waals surface area contributed by atoms with Crippen molar-refractivity contribution in [3.8, 4) is 11.5 Å². The third-order valence-corrected chi connectivity index (χ3v) is 7.82. The number of amides is 1. The van der Waals surface area contributed by atoms with E-state index < -0.39 is 22.5 Å². The van der Waals surface area contributed by atoms with E-state index in [9.17, 15) is 13.2 Å². The highest BCUT2D eigenvalue weighted by molar-refractivity contribution is 9.10. The van der Waals surface area contributed by atoms with Gasteiger partial charge >= 0.3 is 0 Å². The van der Waals surface area contributed by atoms with Crippen molar-refractivity contribution in [3.63, 3.8) is 0 Å². The van der Waals surface area contributed by atoms with Gasteiger partial charge in [0.25, 0.3) is 5.91 Å². The van der Waals surface area contributed by atoms with E-state index in [1.165, 1.54) is 13.3 Å². The van der Waals surface area contributed by atoms with E-state index >= 15 is 0 Å². The molecule has 0 spiro atoms. The zero-order chi connectivity index (χ0) is 27.2. The molecule has 0 bridgehead atoms. The van der Waals surface area contributed by atoms with Gasteiger partial charge in [0.05, 0.1) is 39.8 Å². The monoisotopic (exact) mass is 691 g/mol. The van der Waals surface area contributed by atoms with Crippen molar-refractivity contribution in [1.29, 1.82) is 0 Å². The van der Waals surface area contributed by atoms with Crippen LogP contribution in [0.4, 0.5) is 5.69 Å². The summed E-state index contributed by atoms with van der Waals surface area (Å²) in [6.07, 6.45) is 2.43. The third kappa shape index (κ3) is 8.34. The van der Waals surface area contributed by atoms with Gasteiger partial charge in [0.1, 0.15) is 13.2 Å². The lowest BCUT2D eigenvalue weighted by Crippen LogP contribution is -2.39. The molecule has 0 heterocycles. The molecule has 3 rings (SSSR count). The van der Waals surface area contributed by atoms with Gasteiger partial charge in [0, 0.05) is 4.47 Å². The lowest BCUT2D eigenvalue weighted by molar-refractivity contribution is -0.119. The topological polar surface area (TPSA) is 97.3 Å². The minimum Gasteiger partial charge on any atom is -0.493 e. The summed E-state index contributed by atoms with van der Waals surface area (Å²) in [7, 11) is -2.20. The van der Waals surface area contributed by atoms with E-state index in [4.69, 9.17) is 32.7 Å². The molecule has 0 aliphatic carbocycles. The Morgan fingerprint density at radius 3 is 2.41 bits per heavy atom. The number of rotatable bonds is 10. The first-order valence-corrected chi connectivity index (χ1v) is 14.7. The molecule has 1 N–H and O–H groups in total. The summed E-state index contributed by atoms with van der Waals surface area (Å²) in [5.74, 6) is 0.283. The van der Waals surface area contributed by atoms with Crippen LogP contribution in [-0.4, -0.2) is 40.4 Å². The lowest BCUT2D eigenvalue weighted by Gasteiger charge is -2.21. The molecule has 0 atom stereocenters. The molecule has 0 unspecified atom stereocenters. The Labute approximate surface area is 241 Å². The molecule has 0 saturated heterocycles. The second-order valence-corrected chi connectivity index (χ2v) is 12.1. The van der Waals surface area contributed by atoms with Gasteiger partial charge in [0.2, 0.25) is 10.0 Å². The number of ether oxygens (including phenoxy) is 2. The fourth-order valence-corrected chi connectivity index (χ4v) is 5.11. The summed E-state index contributed by atoms with van der Waals surface area (Å²) in [4.78, 5) is 12.4. The highest BCUT2D eigenvalue weighted by atomic mass is 79.9. The number of anilines is 1. The molecule has 8 nitrogen and oxygen atoms in total. The fraction of sp³-hybridized carbons (Fsp3) is 0.167. The maximum absolute atomic E-state index is 12.4. The van der Waals surface area contributed by atoms with Crippen molar-refractivity contribution in [2.75, 3.05) is 24.2 Å². The molecule has 3 aromatic rings. The van der Waals surface area contributed by atoms with Gasteiger partial charge in [-0.15, -0.1) is 0 Å². The van der Waals surface area contributed by atoms with Crippen LogP contribution < -0.4 is 19.2 Å². The molecule has 13 heteroatoms. The normalized spacial score (nSPS) is 11.4. The number of carbonyl (C=O) groups is 1. The first-order chi connectivity index (χ1) is 17.5. The van der Waals surface area contributed by atoms with Gasteiger partial charge in [-0.1, -0.05) is 45.2 Å². The van der Waals surface area contributed by atoms with Crippen LogP contribution in [0.5, 0.6) is 11.5 Å². The molecule has 0 aromatic heterocycles. The van der Waals surface area contributed by atoms with Crippen LogP contribution in [0.1, 0.15) is 11.1 Å². The molecule has 0 saturated carbocycles. The predicted octanol–water partition coefficient (Wildman–Crippen LogP) is 6.02. The van der Waals surface area contributed by atoms with Crippen molar-refractivity contribution >= 4 is 82.9 Å². The van der Waals surface area contributed by atoms with Crippen LogP contribution in [0, 0.1) is 0 Å². The zero-order valence-corrected chi connectivity index (χ0v) is 25.0. The minimum absolute atomic E-state index is 0.227. The number of nitrogens with zero attached hydrogens (tertiary/aromatic N) is 2. The van der Waals surface area contributed by atoms with Gasteiger partial charge < -0.3 is 9.47 Å². The van der Waals surface area contributed by atoms with Crippen molar-refractivity contribution in [2.45, 2.75) is 6.61 Å². The Bertz CT molecular complexity index is 1420. The van der Waals surface area contributed by atoms with E-state index in [0.29, 0.717) is 37.3 Å². The first-order valence-electron chi connectivity index (χ1n) is 10.5. The van der Waals surface area contributed by atoms with E-state index in [1.54, 1.807) is 54.6 Å². The summed E-state index contributed by atoms with van der Waals surface area (Å²) < 4.78 is 38.2. The summed E-state index contributed by atoms with van der Waals surface area (Å²) in [6, 6.07) is 15.2. The summed E-state index contributed by atoms with van der Waals surface area (Å²) >= 11 is 18.8. The number of benzene rings is 3. The Balaban J connectivity index is 1.67. The molecular weight excluding hydrogens is 673 g/mol. The third-order valence-electron chi connectivity index (χ3n) is 4.82. The van der Waals surface area contributed by atoms with Gasteiger partial charge in [-0.3, -0.25) is 9.10 Å². The van der Waals surface area contributed by atoms with Gasteiger partial charge in [-0.05, 0) is 75.6 Å². The van der Waals surface area contributed by atoms with E-state index in [2.05, 4.69) is 42.4 Å². The second kappa shape index (κ2) is 13.0. The van der Waals surface area contributed by atoms with E-state index in [-0.39, 0.29) is 6.61 Å². The standard InChI is InChI=1S/C24H21Br2Cl2N3O5S/c1-35-22-11-16(9-19(26)24(22)36-14-15-3-8-20(27)21(28)10-15)12-29-30-23(32)13-31(37(2,33)34)18-6-4-17(25)5-7-18/h3-12H,13-14H2,1-2H3,(H,30,32)/b29-12-. The number of hydrogen-bond acceptors (Lipinski definition) is 6. The number of hydrazone groups is 1. The Morgan fingerprint density at radius 2 is 1.78 bits per heavy atom. The van der Waals surface area contributed by atoms with Crippen molar-refractivity contribution in [1.82, 2.24) is 5.43 Å². The number of sulfonamides is 1. The maximum Gasteiger partial charge on any atom is 0.260 e. The summed E-state index contributed by atoms with van der Waals surface area (Å²) in [5.41, 5.74) is 4.12. The molecule has 0 fully saturated rings. The average Bonchev–Trinajstić information content (AvgIpc) is 2.83. The predicted molar refractivity (Wildman–Crippen MR) is 154 cm³/mol. The van der Waals surface area contributed by atoms with Gasteiger partial charge in [-0.2, -0.15) is 5.10 Å². The Morgan fingerprint density at radius 1 is 1.08 bits per heavy atom. The van der Waals surface area contributed by atoms with Crippen molar-refractivity contribution in [2.24, 2.45) is 5.10 Å². The van der Waals surface area contributed by atoms with Gasteiger partial charge in [0.15, 0.2) is 11.5 Å². The number of carbonyl (C=O) groups excluding carboxylic acids is 1. The lowest BCUT2D eigenvalue weighted by atomic mass is 10.2. The molecule has 3 aromatic carbocycles. The Kier molecular flexibility index (Phi) is 10.3.